The third-order valence-electron chi connectivity index (χ3n) is 2.05. The van der Waals surface area contributed by atoms with Gasteiger partial charge in [-0.05, 0) is 18.2 Å². The molecule has 0 unspecified atom stereocenters. The smallest absolute Gasteiger partial charge is 0.337 e. The number of benzene rings is 1. The summed E-state index contributed by atoms with van der Waals surface area (Å²) in [6.07, 6.45) is 0. The molecule has 0 N–H and O–H groups in total. The molecule has 1 heterocycles. The summed E-state index contributed by atoms with van der Waals surface area (Å²) in [6.45, 7) is 0. The number of ether oxygens (including phenoxy) is 1. The second-order valence-corrected chi connectivity index (χ2v) is 3.14. The number of hydrogen-bond donors (Lipinski definition) is 0. The van der Waals surface area contributed by atoms with E-state index in [2.05, 4.69) is 15.0 Å². The van der Waals surface area contributed by atoms with Crippen molar-refractivity contribution in [3.8, 4) is 0 Å². The van der Waals surface area contributed by atoms with Gasteiger partial charge in [0.25, 0.3) is 0 Å². The molecule has 5 nitrogen and oxygen atoms in total. The fourth-order valence-electron chi connectivity index (χ4n) is 1.30. The summed E-state index contributed by atoms with van der Waals surface area (Å²) >= 11 is 5.66. The number of hydrogen-bond acceptors (Lipinski definition) is 4. The molecule has 0 aliphatic heterocycles. The number of nitrogens with zero attached hydrogens (tertiary/aromatic N) is 3. The first-order chi connectivity index (χ1) is 7.26. The molecule has 6 heteroatoms. The number of alkyl halides is 1. The molecule has 0 bridgehead atoms. The van der Waals surface area contributed by atoms with Crippen molar-refractivity contribution in [3.63, 3.8) is 0 Å². The van der Waals surface area contributed by atoms with Crippen LogP contribution in [0.3, 0.4) is 0 Å². The zero-order valence-electron chi connectivity index (χ0n) is 7.98. The van der Waals surface area contributed by atoms with Crippen LogP contribution < -0.4 is 0 Å². The van der Waals surface area contributed by atoms with E-state index in [0.29, 0.717) is 16.6 Å². The maximum absolute atomic E-state index is 11.3. The summed E-state index contributed by atoms with van der Waals surface area (Å²) in [7, 11) is 1.34. The van der Waals surface area contributed by atoms with Crippen molar-refractivity contribution in [1.29, 1.82) is 0 Å². The van der Waals surface area contributed by atoms with Gasteiger partial charge in [0, 0.05) is 0 Å². The summed E-state index contributed by atoms with van der Waals surface area (Å²) in [5.41, 5.74) is 1.87. The Balaban J connectivity index is 2.57. The Morgan fingerprint density at radius 1 is 1.60 bits per heavy atom. The number of methoxy groups -OCH3 is 1. The highest BCUT2D eigenvalue weighted by Crippen LogP contribution is 2.14. The van der Waals surface area contributed by atoms with Crippen LogP contribution in [0.15, 0.2) is 18.2 Å². The topological polar surface area (TPSA) is 57.0 Å². The van der Waals surface area contributed by atoms with Crippen LogP contribution in [0.25, 0.3) is 11.0 Å². The Bertz CT molecular complexity index is 509. The van der Waals surface area contributed by atoms with Crippen molar-refractivity contribution < 1.29 is 9.53 Å². The number of esters is 1. The van der Waals surface area contributed by atoms with Crippen molar-refractivity contribution in [3.05, 3.63) is 23.8 Å². The van der Waals surface area contributed by atoms with Gasteiger partial charge < -0.3 is 4.74 Å². The molecular formula is C9H8ClN3O2. The van der Waals surface area contributed by atoms with E-state index >= 15 is 0 Å². The van der Waals surface area contributed by atoms with Crippen LogP contribution in [0.4, 0.5) is 0 Å². The molecule has 2 aromatic rings. The van der Waals surface area contributed by atoms with Crippen molar-refractivity contribution >= 4 is 28.6 Å². The molecule has 1 aromatic heterocycles. The van der Waals surface area contributed by atoms with Gasteiger partial charge >= 0.3 is 5.97 Å². The minimum atomic E-state index is -0.390. The minimum absolute atomic E-state index is 0.196. The second-order valence-electron chi connectivity index (χ2n) is 2.90. The first kappa shape index (κ1) is 9.92. The second kappa shape index (κ2) is 3.86. The summed E-state index contributed by atoms with van der Waals surface area (Å²) in [5.74, 6) is -0.390. The van der Waals surface area contributed by atoms with E-state index in [0.717, 1.165) is 0 Å². The number of aromatic nitrogens is 3. The van der Waals surface area contributed by atoms with Crippen molar-refractivity contribution in [2.75, 3.05) is 7.11 Å². The standard InChI is InChI=1S/C9H8ClN3O2/c1-15-9(14)6-2-3-7-8(4-6)13(5-10)12-11-7/h2-4H,5H2,1H3. The molecule has 0 amide bonds. The maximum Gasteiger partial charge on any atom is 0.337 e. The van der Waals surface area contributed by atoms with E-state index in [-0.39, 0.29) is 12.0 Å². The van der Waals surface area contributed by atoms with Crippen LogP contribution in [-0.4, -0.2) is 28.1 Å². The fourth-order valence-corrected chi connectivity index (χ4v) is 1.47. The van der Waals surface area contributed by atoms with Crippen LogP contribution in [0.5, 0.6) is 0 Å². The molecule has 1 aromatic carbocycles. The average Bonchev–Trinajstić information content (AvgIpc) is 2.69. The maximum atomic E-state index is 11.3. The lowest BCUT2D eigenvalue weighted by Crippen LogP contribution is -2.01. The summed E-state index contributed by atoms with van der Waals surface area (Å²) < 4.78 is 6.12. The van der Waals surface area contributed by atoms with E-state index in [1.54, 1.807) is 18.2 Å². The van der Waals surface area contributed by atoms with Gasteiger partial charge in [-0.25, -0.2) is 9.48 Å². The molecular weight excluding hydrogens is 218 g/mol. The van der Waals surface area contributed by atoms with Crippen LogP contribution in [0.1, 0.15) is 10.4 Å². The Morgan fingerprint density at radius 3 is 3.07 bits per heavy atom. The van der Waals surface area contributed by atoms with Gasteiger partial charge in [0.05, 0.1) is 18.2 Å². The van der Waals surface area contributed by atoms with Gasteiger partial charge in [0.1, 0.15) is 11.5 Å². The van der Waals surface area contributed by atoms with Crippen LogP contribution in [0, 0.1) is 0 Å². The lowest BCUT2D eigenvalue weighted by molar-refractivity contribution is 0.0601. The lowest BCUT2D eigenvalue weighted by Gasteiger charge is -1.99. The highest BCUT2D eigenvalue weighted by atomic mass is 35.5. The van der Waals surface area contributed by atoms with Crippen molar-refractivity contribution in [1.82, 2.24) is 15.0 Å². The van der Waals surface area contributed by atoms with Crippen LogP contribution >= 0.6 is 11.6 Å². The normalized spacial score (nSPS) is 10.5. The molecule has 2 rings (SSSR count). The zero-order valence-corrected chi connectivity index (χ0v) is 8.73. The highest BCUT2D eigenvalue weighted by molar-refractivity contribution is 6.15. The predicted octanol–water partition coefficient (Wildman–Crippen LogP) is 1.41. The number of rotatable bonds is 2. The number of carbonyl (C=O) groups excluding carboxylic acids is 1. The predicted molar refractivity (Wildman–Crippen MR) is 54.7 cm³/mol. The SMILES string of the molecule is COC(=O)c1ccc2nnn(CCl)c2c1. The van der Waals surface area contributed by atoms with Gasteiger partial charge in [-0.3, -0.25) is 0 Å². The molecule has 78 valence electrons. The zero-order chi connectivity index (χ0) is 10.8. The summed E-state index contributed by atoms with van der Waals surface area (Å²) in [6, 6.07) is 5.20. The molecule has 0 atom stereocenters. The van der Waals surface area contributed by atoms with E-state index in [9.17, 15) is 4.79 Å². The Kier molecular flexibility index (Phi) is 2.55. The van der Waals surface area contributed by atoms with E-state index in [1.165, 1.54) is 11.8 Å². The Hall–Kier alpha value is -1.62. The molecule has 0 spiro atoms. The molecule has 0 fully saturated rings. The van der Waals surface area contributed by atoms with E-state index in [4.69, 9.17) is 11.6 Å². The van der Waals surface area contributed by atoms with Crippen LogP contribution in [-0.2, 0) is 10.7 Å². The van der Waals surface area contributed by atoms with Gasteiger partial charge in [-0.1, -0.05) is 5.21 Å². The first-order valence-electron chi connectivity index (χ1n) is 4.24. The third kappa shape index (κ3) is 1.66. The molecule has 15 heavy (non-hydrogen) atoms. The average molecular weight is 226 g/mol. The van der Waals surface area contributed by atoms with Crippen molar-refractivity contribution in [2.24, 2.45) is 0 Å². The third-order valence-corrected chi connectivity index (χ3v) is 2.27. The molecule has 0 saturated carbocycles. The molecule has 0 aliphatic carbocycles. The van der Waals surface area contributed by atoms with Gasteiger partial charge in [-0.15, -0.1) is 16.7 Å². The Labute approximate surface area is 90.6 Å². The lowest BCUT2D eigenvalue weighted by atomic mass is 10.2. The molecule has 0 aliphatic rings. The summed E-state index contributed by atoms with van der Waals surface area (Å²) in [4.78, 5) is 11.3. The van der Waals surface area contributed by atoms with Crippen molar-refractivity contribution in [2.45, 2.75) is 6.00 Å². The number of fused-ring (bicyclic) bond motifs is 1. The minimum Gasteiger partial charge on any atom is -0.465 e. The number of carbonyl (C=O) groups is 1. The highest BCUT2D eigenvalue weighted by Gasteiger charge is 2.09. The summed E-state index contributed by atoms with van der Waals surface area (Å²) in [5, 5.41) is 7.71. The Morgan fingerprint density at radius 2 is 2.40 bits per heavy atom. The van der Waals surface area contributed by atoms with E-state index in [1.807, 2.05) is 0 Å². The molecule has 0 saturated heterocycles. The largest absolute Gasteiger partial charge is 0.465 e. The first-order valence-corrected chi connectivity index (χ1v) is 4.77. The fraction of sp³-hybridized carbons (Fsp3) is 0.222. The number of halogens is 1. The van der Waals surface area contributed by atoms with Gasteiger partial charge in [0.15, 0.2) is 0 Å². The molecule has 0 radical (unpaired) electrons. The van der Waals surface area contributed by atoms with Crippen LogP contribution in [0.2, 0.25) is 0 Å². The van der Waals surface area contributed by atoms with E-state index < -0.39 is 0 Å². The monoisotopic (exact) mass is 225 g/mol. The van der Waals surface area contributed by atoms with Gasteiger partial charge in [-0.2, -0.15) is 0 Å². The quantitative estimate of drug-likeness (QED) is 0.573. The van der Waals surface area contributed by atoms with Gasteiger partial charge in [0.2, 0.25) is 0 Å².